The van der Waals surface area contributed by atoms with Gasteiger partial charge in [-0.2, -0.15) is 13.2 Å². The lowest BCUT2D eigenvalue weighted by Crippen LogP contribution is -2.44. The molecule has 6 heteroatoms. The molecule has 0 radical (unpaired) electrons. The molecule has 2 atom stereocenters. The fourth-order valence-electron chi connectivity index (χ4n) is 2.41. The van der Waals surface area contributed by atoms with E-state index >= 15 is 0 Å². The second-order valence-corrected chi connectivity index (χ2v) is 5.98. The van der Waals surface area contributed by atoms with Gasteiger partial charge in [0.1, 0.15) is 0 Å². The van der Waals surface area contributed by atoms with Gasteiger partial charge in [0.05, 0.1) is 11.6 Å². The number of rotatable bonds is 4. The third-order valence-electron chi connectivity index (χ3n) is 4.31. The fourth-order valence-corrected chi connectivity index (χ4v) is 2.41. The molecule has 2 amide bonds. The first kappa shape index (κ1) is 16.6. The molecule has 1 aliphatic carbocycles. The highest BCUT2D eigenvalue weighted by Crippen LogP contribution is 2.34. The van der Waals surface area contributed by atoms with Crippen molar-refractivity contribution in [3.8, 4) is 0 Å². The second-order valence-electron chi connectivity index (χ2n) is 5.98. The van der Waals surface area contributed by atoms with E-state index in [0.29, 0.717) is 11.5 Å². The maximum absolute atomic E-state index is 12.5. The Morgan fingerprint density at radius 3 is 2.23 bits per heavy atom. The summed E-state index contributed by atoms with van der Waals surface area (Å²) in [5, 5.41) is 2.82. The Morgan fingerprint density at radius 2 is 1.77 bits per heavy atom. The lowest BCUT2D eigenvalue weighted by Gasteiger charge is -2.27. The van der Waals surface area contributed by atoms with Gasteiger partial charge in [-0.05, 0) is 50.3 Å². The van der Waals surface area contributed by atoms with Crippen molar-refractivity contribution in [1.29, 1.82) is 0 Å². The average Bonchev–Trinajstić information content (AvgIpc) is 3.29. The number of alkyl halides is 3. The van der Waals surface area contributed by atoms with Crippen LogP contribution in [0.25, 0.3) is 0 Å². The van der Waals surface area contributed by atoms with Crippen LogP contribution in [0.3, 0.4) is 0 Å². The molecule has 122 valence electrons. The van der Waals surface area contributed by atoms with Crippen LogP contribution in [0.1, 0.15) is 43.9 Å². The van der Waals surface area contributed by atoms with Crippen LogP contribution in [-0.2, 0) is 6.18 Å². The van der Waals surface area contributed by atoms with Crippen LogP contribution in [-0.4, -0.2) is 24.0 Å². The smallest absolute Gasteiger partial charge is 0.331 e. The molecule has 0 aliphatic heterocycles. The Kier molecular flexibility index (Phi) is 4.68. The Hall–Kier alpha value is -1.72. The minimum atomic E-state index is -4.34. The highest BCUT2D eigenvalue weighted by atomic mass is 19.4. The van der Waals surface area contributed by atoms with Crippen molar-refractivity contribution in [2.45, 2.75) is 44.9 Å². The first-order chi connectivity index (χ1) is 10.2. The number of hydrogen-bond acceptors (Lipinski definition) is 1. The average molecular weight is 314 g/mol. The zero-order valence-electron chi connectivity index (χ0n) is 12.9. The number of halogens is 3. The summed E-state index contributed by atoms with van der Waals surface area (Å²) in [4.78, 5) is 13.8. The van der Waals surface area contributed by atoms with E-state index in [-0.39, 0.29) is 18.1 Å². The van der Waals surface area contributed by atoms with Gasteiger partial charge in [0.25, 0.3) is 0 Å². The van der Waals surface area contributed by atoms with E-state index in [4.69, 9.17) is 0 Å². The predicted molar refractivity (Wildman–Crippen MR) is 78.3 cm³/mol. The lowest BCUT2D eigenvalue weighted by atomic mass is 10.1. The van der Waals surface area contributed by atoms with Crippen LogP contribution >= 0.6 is 0 Å². The summed E-state index contributed by atoms with van der Waals surface area (Å²) in [6.07, 6.45) is -2.05. The van der Waals surface area contributed by atoms with Crippen LogP contribution in [0.2, 0.25) is 0 Å². The Labute approximate surface area is 128 Å². The first-order valence-corrected chi connectivity index (χ1v) is 7.40. The number of carbonyl (C=O) groups excluding carboxylic acids is 1. The van der Waals surface area contributed by atoms with E-state index in [1.165, 1.54) is 12.1 Å². The molecule has 2 rings (SSSR count). The van der Waals surface area contributed by atoms with Crippen molar-refractivity contribution in [3.05, 3.63) is 35.4 Å². The van der Waals surface area contributed by atoms with Gasteiger partial charge >= 0.3 is 12.2 Å². The normalized spacial score (nSPS) is 17.7. The van der Waals surface area contributed by atoms with Gasteiger partial charge in [-0.1, -0.05) is 12.1 Å². The number of hydrogen-bond donors (Lipinski definition) is 1. The molecular formula is C16H21F3N2O. The van der Waals surface area contributed by atoms with Gasteiger partial charge in [-0.15, -0.1) is 0 Å². The molecule has 1 saturated carbocycles. The number of nitrogens with zero attached hydrogens (tertiary/aromatic N) is 1. The van der Waals surface area contributed by atoms with Gasteiger partial charge in [0.2, 0.25) is 0 Å². The molecular weight excluding hydrogens is 293 g/mol. The summed E-state index contributed by atoms with van der Waals surface area (Å²) < 4.78 is 37.6. The maximum Gasteiger partial charge on any atom is 0.416 e. The molecule has 22 heavy (non-hydrogen) atoms. The van der Waals surface area contributed by atoms with Gasteiger partial charge in [0.15, 0.2) is 0 Å². The van der Waals surface area contributed by atoms with E-state index in [1.54, 1.807) is 18.9 Å². The third-order valence-corrected chi connectivity index (χ3v) is 4.31. The van der Waals surface area contributed by atoms with Gasteiger partial charge in [-0.3, -0.25) is 0 Å². The van der Waals surface area contributed by atoms with Crippen molar-refractivity contribution in [2.75, 3.05) is 7.05 Å². The number of amides is 2. The molecule has 2 unspecified atom stereocenters. The van der Waals surface area contributed by atoms with Crippen LogP contribution < -0.4 is 5.32 Å². The first-order valence-electron chi connectivity index (χ1n) is 7.40. The fraction of sp³-hybridized carbons (Fsp3) is 0.562. The molecule has 0 aromatic heterocycles. The highest BCUT2D eigenvalue weighted by Gasteiger charge is 2.33. The molecule has 1 aromatic carbocycles. The quantitative estimate of drug-likeness (QED) is 0.887. The predicted octanol–water partition coefficient (Wildman–Crippen LogP) is 4.21. The van der Waals surface area contributed by atoms with Gasteiger partial charge in [-0.25, -0.2) is 4.79 Å². The molecule has 3 nitrogen and oxygen atoms in total. The highest BCUT2D eigenvalue weighted by molar-refractivity contribution is 5.74. The van der Waals surface area contributed by atoms with Crippen LogP contribution in [0, 0.1) is 5.92 Å². The van der Waals surface area contributed by atoms with Gasteiger partial charge < -0.3 is 10.2 Å². The van der Waals surface area contributed by atoms with E-state index < -0.39 is 11.7 Å². The number of nitrogens with one attached hydrogen (secondary N) is 1. The van der Waals surface area contributed by atoms with E-state index in [2.05, 4.69) is 5.32 Å². The Balaban J connectivity index is 1.96. The van der Waals surface area contributed by atoms with Crippen molar-refractivity contribution in [2.24, 2.45) is 5.92 Å². The molecule has 1 aliphatic rings. The van der Waals surface area contributed by atoms with Crippen LogP contribution in [0.4, 0.5) is 18.0 Å². The van der Waals surface area contributed by atoms with E-state index in [1.807, 2.05) is 6.92 Å². The number of urea groups is 1. The number of carbonyl (C=O) groups is 1. The molecule has 0 heterocycles. The maximum atomic E-state index is 12.5. The summed E-state index contributed by atoms with van der Waals surface area (Å²) in [7, 11) is 1.75. The molecule has 1 fully saturated rings. The minimum Gasteiger partial charge on any atom is -0.331 e. The number of benzene rings is 1. The molecule has 1 N–H and O–H groups in total. The van der Waals surface area contributed by atoms with Crippen molar-refractivity contribution < 1.29 is 18.0 Å². The van der Waals surface area contributed by atoms with Crippen LogP contribution in [0.15, 0.2) is 24.3 Å². The summed E-state index contributed by atoms with van der Waals surface area (Å²) in [5.41, 5.74) is -0.0388. The summed E-state index contributed by atoms with van der Waals surface area (Å²) in [6, 6.07) is 4.51. The minimum absolute atomic E-state index is 0.180. The second kappa shape index (κ2) is 6.18. The molecule has 0 spiro atoms. The van der Waals surface area contributed by atoms with Crippen molar-refractivity contribution in [3.63, 3.8) is 0 Å². The molecule has 0 saturated heterocycles. The SMILES string of the molecule is CC(NC(=O)N(C)C(C)C1CC1)c1ccc(C(F)(F)F)cc1. The Morgan fingerprint density at radius 1 is 1.23 bits per heavy atom. The summed E-state index contributed by atoms with van der Waals surface area (Å²) in [5.74, 6) is 0.567. The zero-order chi connectivity index (χ0) is 16.5. The van der Waals surface area contributed by atoms with E-state index in [0.717, 1.165) is 25.0 Å². The monoisotopic (exact) mass is 314 g/mol. The van der Waals surface area contributed by atoms with Crippen LogP contribution in [0.5, 0.6) is 0 Å². The topological polar surface area (TPSA) is 32.3 Å². The van der Waals surface area contributed by atoms with Gasteiger partial charge in [0, 0.05) is 13.1 Å². The lowest BCUT2D eigenvalue weighted by molar-refractivity contribution is -0.137. The van der Waals surface area contributed by atoms with Crippen molar-refractivity contribution in [1.82, 2.24) is 10.2 Å². The largest absolute Gasteiger partial charge is 0.416 e. The zero-order valence-corrected chi connectivity index (χ0v) is 12.9. The van der Waals surface area contributed by atoms with E-state index in [9.17, 15) is 18.0 Å². The Bertz CT molecular complexity index is 523. The summed E-state index contributed by atoms with van der Waals surface area (Å²) in [6.45, 7) is 3.77. The standard InChI is InChI=1S/C16H21F3N2O/c1-10(12-6-8-14(9-7-12)16(17,18)19)20-15(22)21(3)11(2)13-4-5-13/h6-11,13H,4-5H2,1-3H3,(H,20,22). The molecule has 0 bridgehead atoms. The molecule has 1 aromatic rings. The third kappa shape index (κ3) is 3.93. The summed E-state index contributed by atoms with van der Waals surface area (Å²) >= 11 is 0. The van der Waals surface area contributed by atoms with Crippen molar-refractivity contribution >= 4 is 6.03 Å².